The van der Waals surface area contributed by atoms with Gasteiger partial charge in [-0.25, -0.2) is 4.39 Å². The number of hydrogen-bond acceptors (Lipinski definition) is 3. The Kier molecular flexibility index (Phi) is 4.83. The predicted molar refractivity (Wildman–Crippen MR) is 65.2 cm³/mol. The molecule has 1 aromatic carbocycles. The zero-order valence-corrected chi connectivity index (χ0v) is 10.6. The highest BCUT2D eigenvalue weighted by molar-refractivity contribution is 5.97. The number of rotatable bonds is 5. The lowest BCUT2D eigenvalue weighted by Gasteiger charge is -2.16. The van der Waals surface area contributed by atoms with Gasteiger partial charge in [-0.15, -0.1) is 0 Å². The van der Waals surface area contributed by atoms with Crippen LogP contribution >= 0.6 is 0 Å². The molecule has 1 unspecified atom stereocenters. The van der Waals surface area contributed by atoms with Crippen LogP contribution in [-0.2, 0) is 4.79 Å². The van der Waals surface area contributed by atoms with Crippen molar-refractivity contribution in [3.05, 3.63) is 29.6 Å². The van der Waals surface area contributed by atoms with E-state index in [9.17, 15) is 14.0 Å². The van der Waals surface area contributed by atoms with E-state index < -0.39 is 11.9 Å². The van der Waals surface area contributed by atoms with E-state index in [4.69, 9.17) is 4.74 Å². The Morgan fingerprint density at radius 2 is 2.11 bits per heavy atom. The van der Waals surface area contributed by atoms with Gasteiger partial charge in [0, 0.05) is 6.54 Å². The average molecular weight is 253 g/mol. The molecule has 5 heteroatoms. The highest BCUT2D eigenvalue weighted by Gasteiger charge is 2.17. The van der Waals surface area contributed by atoms with E-state index in [0.717, 1.165) is 6.07 Å². The first-order valence-electron chi connectivity index (χ1n) is 5.70. The molecule has 0 saturated carbocycles. The number of carbonyl (C=O) groups excluding carboxylic acids is 2. The summed E-state index contributed by atoms with van der Waals surface area (Å²) in [5.74, 6) is -0.898. The maximum absolute atomic E-state index is 13.0. The van der Waals surface area contributed by atoms with Crippen LogP contribution in [0.2, 0.25) is 0 Å². The van der Waals surface area contributed by atoms with E-state index in [0.29, 0.717) is 6.54 Å². The second-order valence-electron chi connectivity index (χ2n) is 3.85. The standard InChI is InChI=1S/C13H16FNO3/c1-4-15-13(17)9(3)18-12-6-5-10(14)7-11(12)8(2)16/h5-7,9H,4H2,1-3H3,(H,15,17). The van der Waals surface area contributed by atoms with Crippen LogP contribution in [0, 0.1) is 5.82 Å². The molecule has 0 radical (unpaired) electrons. The van der Waals surface area contributed by atoms with E-state index >= 15 is 0 Å². The molecular weight excluding hydrogens is 237 g/mol. The molecule has 0 bridgehead atoms. The number of ether oxygens (including phenoxy) is 1. The van der Waals surface area contributed by atoms with Crippen LogP contribution in [-0.4, -0.2) is 24.3 Å². The lowest BCUT2D eigenvalue weighted by atomic mass is 10.1. The van der Waals surface area contributed by atoms with E-state index in [2.05, 4.69) is 5.32 Å². The van der Waals surface area contributed by atoms with Crippen LogP contribution < -0.4 is 10.1 Å². The van der Waals surface area contributed by atoms with Crippen LogP contribution in [0.3, 0.4) is 0 Å². The van der Waals surface area contributed by atoms with E-state index in [1.165, 1.54) is 19.1 Å². The fourth-order valence-corrected chi connectivity index (χ4v) is 1.44. The maximum Gasteiger partial charge on any atom is 0.260 e. The van der Waals surface area contributed by atoms with Crippen molar-refractivity contribution in [3.8, 4) is 5.75 Å². The normalized spacial score (nSPS) is 11.8. The average Bonchev–Trinajstić information content (AvgIpc) is 2.31. The summed E-state index contributed by atoms with van der Waals surface area (Å²) >= 11 is 0. The molecule has 0 spiro atoms. The summed E-state index contributed by atoms with van der Waals surface area (Å²) < 4.78 is 18.4. The molecule has 1 aromatic rings. The third kappa shape index (κ3) is 3.55. The summed E-state index contributed by atoms with van der Waals surface area (Å²) in [6.07, 6.45) is -0.742. The summed E-state index contributed by atoms with van der Waals surface area (Å²) in [5.41, 5.74) is 0.131. The van der Waals surface area contributed by atoms with E-state index in [-0.39, 0.29) is 23.0 Å². The summed E-state index contributed by atoms with van der Waals surface area (Å²) in [5, 5.41) is 2.60. The largest absolute Gasteiger partial charge is 0.480 e. The zero-order chi connectivity index (χ0) is 13.7. The summed E-state index contributed by atoms with van der Waals surface area (Å²) in [4.78, 5) is 22.8. The van der Waals surface area contributed by atoms with Gasteiger partial charge in [0.1, 0.15) is 11.6 Å². The molecule has 4 nitrogen and oxygen atoms in total. The van der Waals surface area contributed by atoms with E-state index in [1.54, 1.807) is 13.8 Å². The van der Waals surface area contributed by atoms with Gasteiger partial charge < -0.3 is 10.1 Å². The molecule has 18 heavy (non-hydrogen) atoms. The topological polar surface area (TPSA) is 55.4 Å². The van der Waals surface area contributed by atoms with Crippen molar-refractivity contribution in [1.82, 2.24) is 5.32 Å². The summed E-state index contributed by atoms with van der Waals surface area (Å²) in [7, 11) is 0. The SMILES string of the molecule is CCNC(=O)C(C)Oc1ccc(F)cc1C(C)=O. The van der Waals surface area contributed by atoms with Crippen LogP contribution in [0.15, 0.2) is 18.2 Å². The number of carbonyl (C=O) groups is 2. The number of halogens is 1. The van der Waals surface area contributed by atoms with Crippen molar-refractivity contribution >= 4 is 11.7 Å². The van der Waals surface area contributed by atoms with Crippen molar-refractivity contribution in [2.75, 3.05) is 6.54 Å². The van der Waals surface area contributed by atoms with Gasteiger partial charge in [-0.1, -0.05) is 0 Å². The quantitative estimate of drug-likeness (QED) is 0.816. The fraction of sp³-hybridized carbons (Fsp3) is 0.385. The van der Waals surface area contributed by atoms with Crippen molar-refractivity contribution in [3.63, 3.8) is 0 Å². The minimum absolute atomic E-state index is 0.131. The molecule has 98 valence electrons. The lowest BCUT2D eigenvalue weighted by Crippen LogP contribution is -2.36. The molecule has 0 aliphatic rings. The molecule has 1 amide bonds. The molecular formula is C13H16FNO3. The Morgan fingerprint density at radius 3 is 2.67 bits per heavy atom. The Morgan fingerprint density at radius 1 is 1.44 bits per heavy atom. The van der Waals surface area contributed by atoms with Crippen molar-refractivity contribution in [2.45, 2.75) is 26.9 Å². The van der Waals surface area contributed by atoms with Crippen LogP contribution in [0.1, 0.15) is 31.1 Å². The first kappa shape index (κ1) is 14.2. The van der Waals surface area contributed by atoms with Gasteiger partial charge in [0.05, 0.1) is 5.56 Å². The molecule has 0 aromatic heterocycles. The van der Waals surface area contributed by atoms with Crippen molar-refractivity contribution < 1.29 is 18.7 Å². The minimum Gasteiger partial charge on any atom is -0.480 e. The van der Waals surface area contributed by atoms with Gasteiger partial charge in [-0.3, -0.25) is 9.59 Å². The summed E-state index contributed by atoms with van der Waals surface area (Å²) in [6, 6.07) is 3.64. The Bertz CT molecular complexity index is 460. The van der Waals surface area contributed by atoms with Gasteiger partial charge in [0.15, 0.2) is 11.9 Å². The van der Waals surface area contributed by atoms with Gasteiger partial charge in [-0.2, -0.15) is 0 Å². The zero-order valence-electron chi connectivity index (χ0n) is 10.6. The number of nitrogens with one attached hydrogen (secondary N) is 1. The molecule has 1 N–H and O–H groups in total. The monoisotopic (exact) mass is 253 g/mol. The Hall–Kier alpha value is -1.91. The van der Waals surface area contributed by atoms with Crippen LogP contribution in [0.5, 0.6) is 5.75 Å². The number of hydrogen-bond donors (Lipinski definition) is 1. The fourth-order valence-electron chi connectivity index (χ4n) is 1.44. The second-order valence-corrected chi connectivity index (χ2v) is 3.85. The van der Waals surface area contributed by atoms with Crippen molar-refractivity contribution in [2.24, 2.45) is 0 Å². The number of amides is 1. The summed E-state index contributed by atoms with van der Waals surface area (Å²) in [6.45, 7) is 5.18. The number of Topliss-reactive ketones (excluding diaryl/α,β-unsaturated/α-hetero) is 1. The van der Waals surface area contributed by atoms with E-state index in [1.807, 2.05) is 0 Å². The van der Waals surface area contributed by atoms with Crippen LogP contribution in [0.4, 0.5) is 4.39 Å². The third-order valence-corrected chi connectivity index (χ3v) is 2.34. The van der Waals surface area contributed by atoms with Gasteiger partial charge >= 0.3 is 0 Å². The Balaban J connectivity index is 2.90. The first-order valence-corrected chi connectivity index (χ1v) is 5.70. The molecule has 0 saturated heterocycles. The Labute approximate surface area is 105 Å². The van der Waals surface area contributed by atoms with Crippen molar-refractivity contribution in [1.29, 1.82) is 0 Å². The second kappa shape index (κ2) is 6.14. The number of benzene rings is 1. The molecule has 1 atom stereocenters. The third-order valence-electron chi connectivity index (χ3n) is 2.34. The highest BCUT2D eigenvalue weighted by Crippen LogP contribution is 2.21. The number of ketones is 1. The molecule has 0 aliphatic carbocycles. The molecule has 0 heterocycles. The lowest BCUT2D eigenvalue weighted by molar-refractivity contribution is -0.127. The minimum atomic E-state index is -0.742. The predicted octanol–water partition coefficient (Wildman–Crippen LogP) is 1.93. The molecule has 1 rings (SSSR count). The van der Waals surface area contributed by atoms with Gasteiger partial charge in [0.25, 0.3) is 5.91 Å². The van der Waals surface area contributed by atoms with Gasteiger partial charge in [-0.05, 0) is 39.0 Å². The maximum atomic E-state index is 13.0. The highest BCUT2D eigenvalue weighted by atomic mass is 19.1. The smallest absolute Gasteiger partial charge is 0.260 e. The number of likely N-dealkylation sites (N-methyl/N-ethyl adjacent to an activating group) is 1. The first-order chi connectivity index (χ1) is 8.45. The van der Waals surface area contributed by atoms with Crippen LogP contribution in [0.25, 0.3) is 0 Å². The molecule has 0 fully saturated rings. The molecule has 0 aliphatic heterocycles. The van der Waals surface area contributed by atoms with Gasteiger partial charge in [0.2, 0.25) is 0 Å².